The van der Waals surface area contributed by atoms with Gasteiger partial charge < -0.3 is 4.74 Å². The zero-order chi connectivity index (χ0) is 14.3. The van der Waals surface area contributed by atoms with E-state index >= 15 is 0 Å². The molecule has 6 nitrogen and oxygen atoms in total. The maximum atomic E-state index is 11.0. The Labute approximate surface area is 114 Å². The van der Waals surface area contributed by atoms with Gasteiger partial charge in [0.2, 0.25) is 0 Å². The molecule has 19 heavy (non-hydrogen) atoms. The average molecular weight is 268 g/mol. The van der Waals surface area contributed by atoms with Crippen molar-refractivity contribution in [2.24, 2.45) is 5.92 Å². The lowest BCUT2D eigenvalue weighted by Crippen LogP contribution is -2.23. The summed E-state index contributed by atoms with van der Waals surface area (Å²) in [5, 5.41) is 4.24. The largest absolute Gasteiger partial charge is 0.469 e. The summed E-state index contributed by atoms with van der Waals surface area (Å²) in [5.74, 6) is 1.36. The Morgan fingerprint density at radius 2 is 2.26 bits per heavy atom. The highest BCUT2D eigenvalue weighted by atomic mass is 16.5. The first-order valence-corrected chi connectivity index (χ1v) is 6.65. The summed E-state index contributed by atoms with van der Waals surface area (Å²) in [7, 11) is 3.44. The SMILES string of the molecule is COC(=O)CCCN(C)Cc1ncnn1CC(C)C. The van der Waals surface area contributed by atoms with E-state index in [1.165, 1.54) is 7.11 Å². The average Bonchev–Trinajstić information content (AvgIpc) is 2.75. The number of hydrogen-bond donors (Lipinski definition) is 0. The van der Waals surface area contributed by atoms with Gasteiger partial charge in [0.25, 0.3) is 0 Å². The van der Waals surface area contributed by atoms with Gasteiger partial charge in [-0.2, -0.15) is 5.10 Å². The van der Waals surface area contributed by atoms with Crippen LogP contribution in [0.1, 0.15) is 32.5 Å². The summed E-state index contributed by atoms with van der Waals surface area (Å²) >= 11 is 0. The molecule has 0 spiro atoms. The van der Waals surface area contributed by atoms with Gasteiger partial charge in [-0.25, -0.2) is 9.67 Å². The van der Waals surface area contributed by atoms with Crippen molar-refractivity contribution in [2.45, 2.75) is 39.8 Å². The van der Waals surface area contributed by atoms with Crippen molar-refractivity contribution < 1.29 is 9.53 Å². The van der Waals surface area contributed by atoms with Crippen molar-refractivity contribution in [2.75, 3.05) is 20.7 Å². The maximum Gasteiger partial charge on any atom is 0.305 e. The number of carbonyl (C=O) groups excluding carboxylic acids is 1. The van der Waals surface area contributed by atoms with Crippen LogP contribution >= 0.6 is 0 Å². The molecule has 0 unspecified atom stereocenters. The molecule has 0 bridgehead atoms. The van der Waals surface area contributed by atoms with Gasteiger partial charge in [-0.3, -0.25) is 9.69 Å². The lowest BCUT2D eigenvalue weighted by Gasteiger charge is -2.16. The molecule has 1 heterocycles. The van der Waals surface area contributed by atoms with Crippen molar-refractivity contribution in [1.82, 2.24) is 19.7 Å². The van der Waals surface area contributed by atoms with Crippen LogP contribution in [0.2, 0.25) is 0 Å². The number of rotatable bonds is 8. The molecule has 0 saturated heterocycles. The molecule has 0 radical (unpaired) electrons. The summed E-state index contributed by atoms with van der Waals surface area (Å²) < 4.78 is 6.56. The van der Waals surface area contributed by atoms with Crippen LogP contribution in [0.4, 0.5) is 0 Å². The molecule has 1 rings (SSSR count). The second kappa shape index (κ2) is 7.89. The predicted molar refractivity (Wildman–Crippen MR) is 72.4 cm³/mol. The summed E-state index contributed by atoms with van der Waals surface area (Å²) in [6.45, 7) is 6.78. The van der Waals surface area contributed by atoms with Crippen LogP contribution in [0.3, 0.4) is 0 Å². The topological polar surface area (TPSA) is 60.2 Å². The second-order valence-electron chi connectivity index (χ2n) is 5.17. The number of hydrogen-bond acceptors (Lipinski definition) is 5. The number of methoxy groups -OCH3 is 1. The van der Waals surface area contributed by atoms with Gasteiger partial charge in [0.05, 0.1) is 13.7 Å². The lowest BCUT2D eigenvalue weighted by molar-refractivity contribution is -0.140. The van der Waals surface area contributed by atoms with E-state index in [0.717, 1.165) is 31.9 Å². The summed E-state index contributed by atoms with van der Waals surface area (Å²) in [6, 6.07) is 0. The number of carbonyl (C=O) groups is 1. The van der Waals surface area contributed by atoms with Crippen LogP contribution in [-0.4, -0.2) is 46.3 Å². The zero-order valence-corrected chi connectivity index (χ0v) is 12.3. The minimum Gasteiger partial charge on any atom is -0.469 e. The van der Waals surface area contributed by atoms with E-state index in [2.05, 4.69) is 33.6 Å². The maximum absolute atomic E-state index is 11.0. The van der Waals surface area contributed by atoms with E-state index in [1.807, 2.05) is 11.7 Å². The molecule has 1 aromatic heterocycles. The normalized spacial score (nSPS) is 11.3. The molecule has 0 N–H and O–H groups in total. The smallest absolute Gasteiger partial charge is 0.305 e. The van der Waals surface area contributed by atoms with Gasteiger partial charge in [-0.1, -0.05) is 13.8 Å². The van der Waals surface area contributed by atoms with Gasteiger partial charge in [0.15, 0.2) is 0 Å². The Morgan fingerprint density at radius 3 is 2.89 bits per heavy atom. The highest BCUT2D eigenvalue weighted by molar-refractivity contribution is 5.69. The van der Waals surface area contributed by atoms with Gasteiger partial charge in [0, 0.05) is 13.0 Å². The van der Waals surface area contributed by atoms with Crippen molar-refractivity contribution in [1.29, 1.82) is 0 Å². The quantitative estimate of drug-likeness (QED) is 0.665. The summed E-state index contributed by atoms with van der Waals surface area (Å²) in [6.07, 6.45) is 2.85. The van der Waals surface area contributed by atoms with Crippen LogP contribution in [-0.2, 0) is 22.6 Å². The highest BCUT2D eigenvalue weighted by Gasteiger charge is 2.09. The van der Waals surface area contributed by atoms with E-state index in [4.69, 9.17) is 0 Å². The molecule has 0 fully saturated rings. The molecule has 0 aliphatic heterocycles. The minimum absolute atomic E-state index is 0.156. The highest BCUT2D eigenvalue weighted by Crippen LogP contribution is 2.05. The molecule has 1 aromatic rings. The third-order valence-corrected chi connectivity index (χ3v) is 2.79. The number of esters is 1. The molecule has 6 heteroatoms. The minimum atomic E-state index is -0.156. The van der Waals surface area contributed by atoms with Crippen molar-refractivity contribution >= 4 is 5.97 Å². The van der Waals surface area contributed by atoms with Crippen molar-refractivity contribution in [3.8, 4) is 0 Å². The fourth-order valence-electron chi connectivity index (χ4n) is 1.82. The van der Waals surface area contributed by atoms with E-state index in [1.54, 1.807) is 6.33 Å². The molecule has 0 aliphatic carbocycles. The van der Waals surface area contributed by atoms with Crippen molar-refractivity contribution in [3.63, 3.8) is 0 Å². The van der Waals surface area contributed by atoms with Crippen LogP contribution in [0, 0.1) is 5.92 Å². The third kappa shape index (κ3) is 5.83. The van der Waals surface area contributed by atoms with Gasteiger partial charge in [-0.05, 0) is 25.9 Å². The van der Waals surface area contributed by atoms with Gasteiger partial charge in [-0.15, -0.1) is 0 Å². The standard InChI is InChI=1S/C13H24N4O2/c1-11(2)8-17-12(14-10-15-17)9-16(3)7-5-6-13(18)19-4/h10-11H,5-9H2,1-4H3. The Morgan fingerprint density at radius 1 is 1.53 bits per heavy atom. The molecule has 0 aromatic carbocycles. The first-order valence-electron chi connectivity index (χ1n) is 6.65. The number of ether oxygens (including phenoxy) is 1. The first kappa shape index (κ1) is 15.6. The van der Waals surface area contributed by atoms with Crippen LogP contribution in [0.5, 0.6) is 0 Å². The molecule has 0 aliphatic rings. The third-order valence-electron chi connectivity index (χ3n) is 2.79. The summed E-state index contributed by atoms with van der Waals surface area (Å²) in [5.41, 5.74) is 0. The molecule has 0 saturated carbocycles. The number of nitrogens with zero attached hydrogens (tertiary/aromatic N) is 4. The fourth-order valence-corrected chi connectivity index (χ4v) is 1.82. The van der Waals surface area contributed by atoms with Crippen LogP contribution in [0.25, 0.3) is 0 Å². The fraction of sp³-hybridized carbons (Fsp3) is 0.769. The van der Waals surface area contributed by atoms with Gasteiger partial charge >= 0.3 is 5.97 Å². The lowest BCUT2D eigenvalue weighted by atomic mass is 10.2. The van der Waals surface area contributed by atoms with E-state index in [0.29, 0.717) is 12.3 Å². The van der Waals surface area contributed by atoms with Crippen LogP contribution < -0.4 is 0 Å². The van der Waals surface area contributed by atoms with E-state index < -0.39 is 0 Å². The number of aromatic nitrogens is 3. The summed E-state index contributed by atoms with van der Waals surface area (Å²) in [4.78, 5) is 17.4. The first-order chi connectivity index (χ1) is 9.02. The Bertz CT molecular complexity index is 390. The predicted octanol–water partition coefficient (Wildman–Crippen LogP) is 1.32. The molecule has 108 valence electrons. The monoisotopic (exact) mass is 268 g/mol. The Kier molecular flexibility index (Phi) is 6.49. The molecular formula is C13H24N4O2. The second-order valence-corrected chi connectivity index (χ2v) is 5.17. The van der Waals surface area contributed by atoms with Crippen LogP contribution in [0.15, 0.2) is 6.33 Å². The molecule has 0 atom stereocenters. The zero-order valence-electron chi connectivity index (χ0n) is 12.3. The Hall–Kier alpha value is -1.43. The van der Waals surface area contributed by atoms with Gasteiger partial charge in [0.1, 0.15) is 12.2 Å². The molecular weight excluding hydrogens is 244 g/mol. The molecule has 0 amide bonds. The van der Waals surface area contributed by atoms with Crippen molar-refractivity contribution in [3.05, 3.63) is 12.2 Å². The Balaban J connectivity index is 2.37. The van der Waals surface area contributed by atoms with E-state index in [9.17, 15) is 4.79 Å². The van der Waals surface area contributed by atoms with E-state index in [-0.39, 0.29) is 5.97 Å².